The van der Waals surface area contributed by atoms with Gasteiger partial charge in [0.15, 0.2) is 0 Å². The second-order valence-corrected chi connectivity index (χ2v) is 4.55. The topological polar surface area (TPSA) is 67.8 Å². The van der Waals surface area contributed by atoms with Crippen molar-refractivity contribution in [3.63, 3.8) is 0 Å². The summed E-state index contributed by atoms with van der Waals surface area (Å²) in [4.78, 5) is 11.5. The quantitative estimate of drug-likeness (QED) is 0.620. The third kappa shape index (κ3) is 1.64. The third-order valence-corrected chi connectivity index (χ3v) is 3.30. The highest BCUT2D eigenvalue weighted by Crippen LogP contribution is 2.31. The minimum Gasteiger partial charge on any atom is -0.388 e. The fraction of sp³-hybridized carbons (Fsp3) is 0.900. The number of hydrogen-bond donors (Lipinski definition) is 2. The lowest BCUT2D eigenvalue weighted by Gasteiger charge is -2.17. The van der Waals surface area contributed by atoms with Crippen molar-refractivity contribution in [3.8, 4) is 0 Å². The summed E-state index contributed by atoms with van der Waals surface area (Å²) in [6, 6.07) is -0.0831. The fourth-order valence-corrected chi connectivity index (χ4v) is 2.25. The Balaban J connectivity index is 1.60. The minimum absolute atomic E-state index is 0.0831. The number of aliphatic hydroxyl groups excluding tert-OH is 1. The van der Waals surface area contributed by atoms with Crippen LogP contribution in [-0.2, 0) is 14.3 Å². The molecule has 2 N–H and O–H groups in total. The number of ether oxygens (including phenoxy) is 2. The lowest BCUT2D eigenvalue weighted by atomic mass is 10.1. The van der Waals surface area contributed by atoms with Crippen molar-refractivity contribution in [3.05, 3.63) is 0 Å². The first-order chi connectivity index (χ1) is 7.25. The van der Waals surface area contributed by atoms with E-state index in [-0.39, 0.29) is 30.1 Å². The van der Waals surface area contributed by atoms with Crippen LogP contribution in [0.5, 0.6) is 0 Å². The molecule has 0 aromatic heterocycles. The molecular formula is C10H15NO4. The summed E-state index contributed by atoms with van der Waals surface area (Å²) < 4.78 is 10.8. The molecule has 15 heavy (non-hydrogen) atoms. The Hall–Kier alpha value is -0.650. The maximum atomic E-state index is 11.5. The van der Waals surface area contributed by atoms with Gasteiger partial charge in [-0.05, 0) is 12.8 Å². The molecule has 0 aromatic rings. The smallest absolute Gasteiger partial charge is 0.223 e. The molecule has 2 aliphatic heterocycles. The van der Waals surface area contributed by atoms with Gasteiger partial charge in [0.25, 0.3) is 0 Å². The molecule has 4 unspecified atom stereocenters. The number of rotatable bonds is 2. The Kier molecular flexibility index (Phi) is 2.19. The summed E-state index contributed by atoms with van der Waals surface area (Å²) >= 11 is 0. The highest BCUT2D eigenvalue weighted by Gasteiger charge is 2.48. The van der Waals surface area contributed by atoms with Crippen LogP contribution in [0.2, 0.25) is 0 Å². The van der Waals surface area contributed by atoms with Crippen LogP contribution in [-0.4, -0.2) is 48.6 Å². The average Bonchev–Trinajstić information content (AvgIpc) is 2.90. The van der Waals surface area contributed by atoms with Gasteiger partial charge in [-0.1, -0.05) is 0 Å². The van der Waals surface area contributed by atoms with Crippen LogP contribution >= 0.6 is 0 Å². The molecule has 3 fully saturated rings. The van der Waals surface area contributed by atoms with E-state index >= 15 is 0 Å². The van der Waals surface area contributed by atoms with Crippen LogP contribution in [0.1, 0.15) is 12.8 Å². The normalized spacial score (nSPS) is 44.1. The van der Waals surface area contributed by atoms with Crippen LogP contribution in [0.15, 0.2) is 0 Å². The molecule has 0 aromatic carbocycles. The zero-order valence-electron chi connectivity index (χ0n) is 8.39. The van der Waals surface area contributed by atoms with E-state index in [1.165, 1.54) is 0 Å². The molecule has 1 amide bonds. The molecule has 5 heteroatoms. The highest BCUT2D eigenvalue weighted by atomic mass is 16.6. The van der Waals surface area contributed by atoms with E-state index in [9.17, 15) is 9.90 Å². The number of carbonyl (C=O) groups excluding carboxylic acids is 1. The number of hydrogen-bond acceptors (Lipinski definition) is 4. The summed E-state index contributed by atoms with van der Waals surface area (Å²) in [5.41, 5.74) is 0. The monoisotopic (exact) mass is 213 g/mol. The van der Waals surface area contributed by atoms with E-state index in [4.69, 9.17) is 9.47 Å². The van der Waals surface area contributed by atoms with Crippen molar-refractivity contribution in [1.82, 2.24) is 5.32 Å². The second kappa shape index (κ2) is 3.43. The third-order valence-electron chi connectivity index (χ3n) is 3.30. The molecule has 0 radical (unpaired) electrons. The van der Waals surface area contributed by atoms with E-state index < -0.39 is 6.10 Å². The number of aliphatic hydroxyl groups is 1. The zero-order chi connectivity index (χ0) is 10.4. The van der Waals surface area contributed by atoms with Crippen molar-refractivity contribution < 1.29 is 19.4 Å². The van der Waals surface area contributed by atoms with E-state index in [1.54, 1.807) is 0 Å². The molecule has 5 nitrogen and oxygen atoms in total. The summed E-state index contributed by atoms with van der Waals surface area (Å²) in [5, 5.41) is 12.4. The van der Waals surface area contributed by atoms with Crippen molar-refractivity contribution in [2.75, 3.05) is 13.2 Å². The first kappa shape index (κ1) is 9.57. The zero-order valence-corrected chi connectivity index (χ0v) is 8.39. The van der Waals surface area contributed by atoms with E-state index in [0.717, 1.165) is 12.8 Å². The fourth-order valence-electron chi connectivity index (χ4n) is 2.25. The number of carbonyl (C=O) groups is 1. The van der Waals surface area contributed by atoms with Gasteiger partial charge in [-0.15, -0.1) is 0 Å². The highest BCUT2D eigenvalue weighted by molar-refractivity contribution is 5.81. The predicted octanol–water partition coefficient (Wildman–Crippen LogP) is -0.960. The lowest BCUT2D eigenvalue weighted by Crippen LogP contribution is -2.44. The first-order valence-corrected chi connectivity index (χ1v) is 5.47. The van der Waals surface area contributed by atoms with Gasteiger partial charge in [0, 0.05) is 5.92 Å². The molecule has 2 heterocycles. The van der Waals surface area contributed by atoms with Crippen LogP contribution in [0, 0.1) is 5.92 Å². The van der Waals surface area contributed by atoms with Gasteiger partial charge in [0.1, 0.15) is 18.3 Å². The standard InChI is InChI=1S/C10H15NO4/c12-7-4-15-8-6(3-14-9(7)8)11-10(13)5-1-2-5/h5-9,12H,1-4H2,(H,11,13). The predicted molar refractivity (Wildman–Crippen MR) is 50.1 cm³/mol. The molecule has 0 spiro atoms. The van der Waals surface area contributed by atoms with Gasteiger partial charge in [0.2, 0.25) is 5.91 Å². The van der Waals surface area contributed by atoms with Crippen molar-refractivity contribution in [2.24, 2.45) is 5.92 Å². The maximum Gasteiger partial charge on any atom is 0.223 e. The van der Waals surface area contributed by atoms with Crippen molar-refractivity contribution >= 4 is 5.91 Å². The molecule has 84 valence electrons. The van der Waals surface area contributed by atoms with E-state index in [0.29, 0.717) is 13.2 Å². The lowest BCUT2D eigenvalue weighted by molar-refractivity contribution is -0.123. The summed E-state index contributed by atoms with van der Waals surface area (Å²) in [7, 11) is 0. The molecule has 2 saturated heterocycles. The van der Waals surface area contributed by atoms with Crippen molar-refractivity contribution in [2.45, 2.75) is 37.2 Å². The van der Waals surface area contributed by atoms with Crippen molar-refractivity contribution in [1.29, 1.82) is 0 Å². The van der Waals surface area contributed by atoms with Gasteiger partial charge < -0.3 is 19.9 Å². The molecule has 3 rings (SSSR count). The van der Waals surface area contributed by atoms with Crippen LogP contribution < -0.4 is 5.32 Å². The van der Waals surface area contributed by atoms with E-state index in [1.807, 2.05) is 0 Å². The molecule has 1 saturated carbocycles. The second-order valence-electron chi connectivity index (χ2n) is 4.55. The average molecular weight is 213 g/mol. The molecule has 4 atom stereocenters. The SMILES string of the molecule is O=C(NC1COC2C(O)COC12)C1CC1. The Bertz CT molecular complexity index is 279. The van der Waals surface area contributed by atoms with E-state index in [2.05, 4.69) is 5.32 Å². The Morgan fingerprint density at radius 2 is 1.93 bits per heavy atom. The number of amides is 1. The van der Waals surface area contributed by atoms with Crippen LogP contribution in [0.4, 0.5) is 0 Å². The first-order valence-electron chi connectivity index (χ1n) is 5.47. The Labute approximate surface area is 87.7 Å². The number of nitrogens with one attached hydrogen (secondary N) is 1. The largest absolute Gasteiger partial charge is 0.388 e. The van der Waals surface area contributed by atoms with Crippen LogP contribution in [0.3, 0.4) is 0 Å². The van der Waals surface area contributed by atoms with Gasteiger partial charge in [-0.25, -0.2) is 0 Å². The Morgan fingerprint density at radius 3 is 2.67 bits per heavy atom. The Morgan fingerprint density at radius 1 is 1.20 bits per heavy atom. The summed E-state index contributed by atoms with van der Waals surface area (Å²) in [5.74, 6) is 0.310. The summed E-state index contributed by atoms with van der Waals surface area (Å²) in [6.07, 6.45) is 1.03. The van der Waals surface area contributed by atoms with Gasteiger partial charge in [-0.3, -0.25) is 4.79 Å². The number of fused-ring (bicyclic) bond motifs is 1. The van der Waals surface area contributed by atoms with Crippen LogP contribution in [0.25, 0.3) is 0 Å². The van der Waals surface area contributed by atoms with Gasteiger partial charge in [-0.2, -0.15) is 0 Å². The van der Waals surface area contributed by atoms with Gasteiger partial charge in [0.05, 0.1) is 19.3 Å². The summed E-state index contributed by atoms with van der Waals surface area (Å²) in [6.45, 7) is 0.760. The van der Waals surface area contributed by atoms with Gasteiger partial charge >= 0.3 is 0 Å². The molecule has 3 aliphatic rings. The molecule has 0 bridgehead atoms. The molecular weight excluding hydrogens is 198 g/mol. The molecule has 1 aliphatic carbocycles. The minimum atomic E-state index is -0.544. The maximum absolute atomic E-state index is 11.5.